The van der Waals surface area contributed by atoms with E-state index in [9.17, 15) is 8.42 Å². The summed E-state index contributed by atoms with van der Waals surface area (Å²) in [5.74, 6) is 0. The predicted octanol–water partition coefficient (Wildman–Crippen LogP) is 2.15. The van der Waals surface area contributed by atoms with E-state index in [1.54, 1.807) is 0 Å². The van der Waals surface area contributed by atoms with E-state index in [0.29, 0.717) is 6.42 Å². The highest BCUT2D eigenvalue weighted by atomic mass is 32.2. The Labute approximate surface area is 116 Å². The molecule has 19 heavy (non-hydrogen) atoms. The van der Waals surface area contributed by atoms with Crippen molar-refractivity contribution in [2.45, 2.75) is 24.3 Å². The minimum Gasteiger partial charge on any atom is -0.398 e. The fourth-order valence-electron chi connectivity index (χ4n) is 1.70. The minimum atomic E-state index is -3.66. The van der Waals surface area contributed by atoms with E-state index in [-0.39, 0.29) is 16.6 Å². The Hall–Kier alpha value is -1.44. The smallest absolute Gasteiger partial charge is 0.244 e. The second kappa shape index (κ2) is 5.68. The van der Waals surface area contributed by atoms with E-state index in [2.05, 4.69) is 9.71 Å². The monoisotopic (exact) mass is 297 g/mol. The van der Waals surface area contributed by atoms with E-state index in [4.69, 9.17) is 5.73 Å². The van der Waals surface area contributed by atoms with Crippen molar-refractivity contribution in [3.63, 3.8) is 0 Å². The van der Waals surface area contributed by atoms with Crippen molar-refractivity contribution in [1.29, 1.82) is 0 Å². The lowest BCUT2D eigenvalue weighted by atomic mass is 10.2. The highest BCUT2D eigenvalue weighted by Crippen LogP contribution is 2.25. The molecule has 0 bridgehead atoms. The summed E-state index contributed by atoms with van der Waals surface area (Å²) in [5, 5.41) is 1.92. The molecule has 0 aliphatic heterocycles. The first kappa shape index (κ1) is 14.0. The van der Waals surface area contributed by atoms with Crippen molar-refractivity contribution in [1.82, 2.24) is 9.71 Å². The predicted molar refractivity (Wildman–Crippen MR) is 76.3 cm³/mol. The molecule has 7 heteroatoms. The van der Waals surface area contributed by atoms with E-state index in [0.717, 1.165) is 4.88 Å². The first-order valence-electron chi connectivity index (χ1n) is 5.80. The van der Waals surface area contributed by atoms with Gasteiger partial charge in [0.25, 0.3) is 0 Å². The number of hydrogen-bond acceptors (Lipinski definition) is 5. The second-order valence-corrected chi connectivity index (χ2v) is 6.67. The summed E-state index contributed by atoms with van der Waals surface area (Å²) in [6, 6.07) is 5.04. The van der Waals surface area contributed by atoms with Crippen LogP contribution in [-0.2, 0) is 10.0 Å². The SMILES string of the molecule is CCC(NS(=O)(=O)c1cnccc1N)c1cccs1. The van der Waals surface area contributed by atoms with Gasteiger partial charge in [-0.25, -0.2) is 13.1 Å². The maximum Gasteiger partial charge on any atom is 0.244 e. The normalized spacial score (nSPS) is 13.3. The average molecular weight is 297 g/mol. The van der Waals surface area contributed by atoms with Gasteiger partial charge in [-0.3, -0.25) is 4.98 Å². The van der Waals surface area contributed by atoms with Crippen LogP contribution in [0.25, 0.3) is 0 Å². The van der Waals surface area contributed by atoms with Gasteiger partial charge in [-0.15, -0.1) is 11.3 Å². The van der Waals surface area contributed by atoms with Gasteiger partial charge in [-0.2, -0.15) is 0 Å². The number of nitrogens with two attached hydrogens (primary N) is 1. The van der Waals surface area contributed by atoms with Gasteiger partial charge in [0, 0.05) is 17.3 Å². The number of nitrogen functional groups attached to an aromatic ring is 1. The van der Waals surface area contributed by atoms with E-state index < -0.39 is 10.0 Å². The molecule has 2 heterocycles. The van der Waals surface area contributed by atoms with Crippen molar-refractivity contribution in [3.05, 3.63) is 40.8 Å². The van der Waals surface area contributed by atoms with Crippen LogP contribution in [0.2, 0.25) is 0 Å². The number of aromatic nitrogens is 1. The van der Waals surface area contributed by atoms with Crippen molar-refractivity contribution >= 4 is 27.0 Å². The molecule has 0 aromatic carbocycles. The van der Waals surface area contributed by atoms with E-state index in [1.807, 2.05) is 24.4 Å². The summed E-state index contributed by atoms with van der Waals surface area (Å²) >= 11 is 1.52. The van der Waals surface area contributed by atoms with Crippen molar-refractivity contribution in [3.8, 4) is 0 Å². The van der Waals surface area contributed by atoms with Crippen LogP contribution >= 0.6 is 11.3 Å². The van der Waals surface area contributed by atoms with E-state index in [1.165, 1.54) is 29.8 Å². The molecule has 0 amide bonds. The number of sulfonamides is 1. The van der Waals surface area contributed by atoms with Crippen molar-refractivity contribution in [2.24, 2.45) is 0 Å². The largest absolute Gasteiger partial charge is 0.398 e. The molecule has 2 rings (SSSR count). The number of thiophene rings is 1. The highest BCUT2D eigenvalue weighted by Gasteiger charge is 2.22. The standard InChI is InChI=1S/C12H15N3O2S2/c1-2-10(11-4-3-7-18-11)15-19(16,17)12-8-14-6-5-9(12)13/h3-8,10,15H,2H2,1H3,(H2,13,14). The quantitative estimate of drug-likeness (QED) is 0.885. The summed E-state index contributed by atoms with van der Waals surface area (Å²) in [4.78, 5) is 4.81. The van der Waals surface area contributed by atoms with Gasteiger partial charge in [0.05, 0.1) is 11.7 Å². The summed E-state index contributed by atoms with van der Waals surface area (Å²) in [6.07, 6.45) is 3.39. The Kier molecular flexibility index (Phi) is 4.18. The van der Waals surface area contributed by atoms with Gasteiger partial charge < -0.3 is 5.73 Å². The highest BCUT2D eigenvalue weighted by molar-refractivity contribution is 7.89. The van der Waals surface area contributed by atoms with Crippen LogP contribution in [0.1, 0.15) is 24.3 Å². The number of hydrogen-bond donors (Lipinski definition) is 2. The number of pyridine rings is 1. The molecule has 102 valence electrons. The molecule has 0 aliphatic carbocycles. The van der Waals surface area contributed by atoms with Gasteiger partial charge in [-0.1, -0.05) is 13.0 Å². The summed E-state index contributed by atoms with van der Waals surface area (Å²) in [6.45, 7) is 1.93. The lowest BCUT2D eigenvalue weighted by Crippen LogP contribution is -2.28. The number of nitrogens with zero attached hydrogens (tertiary/aromatic N) is 1. The lowest BCUT2D eigenvalue weighted by Gasteiger charge is -2.16. The first-order valence-corrected chi connectivity index (χ1v) is 8.16. The third-order valence-electron chi connectivity index (χ3n) is 2.70. The molecule has 2 aromatic heterocycles. The Balaban J connectivity index is 2.29. The third-order valence-corrected chi connectivity index (χ3v) is 5.20. The van der Waals surface area contributed by atoms with Crippen LogP contribution in [0.3, 0.4) is 0 Å². The summed E-state index contributed by atoms with van der Waals surface area (Å²) in [7, 11) is -3.66. The molecule has 0 saturated heterocycles. The topological polar surface area (TPSA) is 85.1 Å². The fraction of sp³-hybridized carbons (Fsp3) is 0.250. The van der Waals surface area contributed by atoms with Crippen molar-refractivity contribution in [2.75, 3.05) is 5.73 Å². The number of nitrogens with one attached hydrogen (secondary N) is 1. The maximum absolute atomic E-state index is 12.3. The van der Waals surface area contributed by atoms with Gasteiger partial charge in [-0.05, 0) is 23.9 Å². The lowest BCUT2D eigenvalue weighted by molar-refractivity contribution is 0.553. The molecule has 1 atom stereocenters. The van der Waals surface area contributed by atoms with Crippen LogP contribution in [0.4, 0.5) is 5.69 Å². The molecular formula is C12H15N3O2S2. The molecule has 0 radical (unpaired) electrons. The van der Waals surface area contributed by atoms with Crippen LogP contribution in [0.5, 0.6) is 0 Å². The van der Waals surface area contributed by atoms with Gasteiger partial charge >= 0.3 is 0 Å². The average Bonchev–Trinajstić information content (AvgIpc) is 2.90. The molecule has 0 saturated carbocycles. The molecule has 0 fully saturated rings. The molecule has 5 nitrogen and oxygen atoms in total. The second-order valence-electron chi connectivity index (χ2n) is 4.01. The van der Waals surface area contributed by atoms with Crippen LogP contribution in [-0.4, -0.2) is 13.4 Å². The molecule has 3 N–H and O–H groups in total. The molecule has 1 unspecified atom stereocenters. The third kappa shape index (κ3) is 3.12. The van der Waals surface area contributed by atoms with Gasteiger partial charge in [0.15, 0.2) is 0 Å². The Morgan fingerprint density at radius 3 is 2.84 bits per heavy atom. The minimum absolute atomic E-state index is 0.0185. The number of rotatable bonds is 5. The van der Waals surface area contributed by atoms with Gasteiger partial charge in [0.1, 0.15) is 4.90 Å². The van der Waals surface area contributed by atoms with Crippen LogP contribution in [0, 0.1) is 0 Å². The summed E-state index contributed by atoms with van der Waals surface area (Å²) in [5.41, 5.74) is 5.88. The van der Waals surface area contributed by atoms with Crippen LogP contribution < -0.4 is 10.5 Å². The molecule has 0 spiro atoms. The Morgan fingerprint density at radius 1 is 1.47 bits per heavy atom. The molecule has 0 aliphatic rings. The fourth-order valence-corrected chi connectivity index (χ4v) is 4.01. The first-order chi connectivity index (χ1) is 9.04. The maximum atomic E-state index is 12.3. The van der Waals surface area contributed by atoms with E-state index >= 15 is 0 Å². The van der Waals surface area contributed by atoms with Crippen molar-refractivity contribution < 1.29 is 8.42 Å². The molecule has 2 aromatic rings. The number of anilines is 1. The zero-order valence-electron chi connectivity index (χ0n) is 10.4. The van der Waals surface area contributed by atoms with Gasteiger partial charge in [0.2, 0.25) is 10.0 Å². The summed E-state index contributed by atoms with van der Waals surface area (Å²) < 4.78 is 27.2. The zero-order valence-corrected chi connectivity index (χ0v) is 12.0. The Morgan fingerprint density at radius 2 is 2.26 bits per heavy atom. The molecular weight excluding hydrogens is 282 g/mol. The Bertz CT molecular complexity index is 639. The van der Waals surface area contributed by atoms with Crippen LogP contribution in [0.15, 0.2) is 40.9 Å². The zero-order chi connectivity index (χ0) is 13.9.